The summed E-state index contributed by atoms with van der Waals surface area (Å²) in [4.78, 5) is 27.2. The van der Waals surface area contributed by atoms with Gasteiger partial charge in [0.25, 0.3) is 11.8 Å². The van der Waals surface area contributed by atoms with Crippen molar-refractivity contribution >= 4 is 11.8 Å². The number of amides is 2. The lowest BCUT2D eigenvalue weighted by atomic mass is 9.97. The molecule has 6 nitrogen and oxygen atoms in total. The lowest BCUT2D eigenvalue weighted by Gasteiger charge is -2.32. The fourth-order valence-electron chi connectivity index (χ4n) is 3.77. The van der Waals surface area contributed by atoms with E-state index in [0.717, 1.165) is 25.7 Å². The molecule has 2 aromatic rings. The second-order valence-electron chi connectivity index (χ2n) is 7.99. The maximum absolute atomic E-state index is 12.8. The Morgan fingerprint density at radius 2 is 1.57 bits per heavy atom. The number of nitrogens with one attached hydrogen (secondary N) is 1. The first-order valence-corrected chi connectivity index (χ1v) is 10.6. The molecule has 158 valence electrons. The Morgan fingerprint density at radius 1 is 0.933 bits per heavy atom. The summed E-state index contributed by atoms with van der Waals surface area (Å²) in [5, 5.41) is 3.02. The molecule has 1 N–H and O–H groups in total. The van der Waals surface area contributed by atoms with Crippen LogP contribution in [0.15, 0.2) is 48.5 Å². The van der Waals surface area contributed by atoms with E-state index in [9.17, 15) is 9.59 Å². The van der Waals surface area contributed by atoms with Crippen molar-refractivity contribution in [2.75, 3.05) is 26.8 Å². The van der Waals surface area contributed by atoms with Crippen molar-refractivity contribution in [2.24, 2.45) is 5.92 Å². The van der Waals surface area contributed by atoms with E-state index in [2.05, 4.69) is 5.32 Å². The van der Waals surface area contributed by atoms with Crippen LogP contribution in [0.2, 0.25) is 0 Å². The highest BCUT2D eigenvalue weighted by atomic mass is 16.5. The number of nitrogens with zero attached hydrogens (tertiary/aromatic N) is 1. The molecule has 0 aromatic heterocycles. The lowest BCUT2D eigenvalue weighted by molar-refractivity contribution is 0.0656. The number of ether oxygens (including phenoxy) is 2. The summed E-state index contributed by atoms with van der Waals surface area (Å²) in [6.07, 6.45) is 3.86. The highest BCUT2D eigenvalue weighted by molar-refractivity contribution is 5.97. The number of hydrogen-bond acceptors (Lipinski definition) is 4. The van der Waals surface area contributed by atoms with E-state index in [4.69, 9.17) is 9.47 Å². The predicted octanol–water partition coefficient (Wildman–Crippen LogP) is 3.52. The van der Waals surface area contributed by atoms with E-state index in [1.807, 2.05) is 47.4 Å². The Labute approximate surface area is 177 Å². The molecule has 0 bridgehead atoms. The summed E-state index contributed by atoms with van der Waals surface area (Å²) in [5.41, 5.74) is 1.19. The van der Waals surface area contributed by atoms with Crippen molar-refractivity contribution in [3.63, 3.8) is 0 Å². The van der Waals surface area contributed by atoms with Crippen molar-refractivity contribution in [2.45, 2.75) is 31.7 Å². The molecule has 0 spiro atoms. The number of para-hydroxylation sites is 2. The molecule has 2 aliphatic rings. The molecule has 0 radical (unpaired) electrons. The van der Waals surface area contributed by atoms with Crippen LogP contribution in [-0.2, 0) is 0 Å². The molecule has 2 amide bonds. The average molecular weight is 408 g/mol. The van der Waals surface area contributed by atoms with Crippen LogP contribution < -0.4 is 14.8 Å². The minimum absolute atomic E-state index is 0.00825. The minimum atomic E-state index is -0.0645. The second kappa shape index (κ2) is 9.20. The van der Waals surface area contributed by atoms with Crippen LogP contribution in [0.3, 0.4) is 0 Å². The van der Waals surface area contributed by atoms with Crippen molar-refractivity contribution in [1.29, 1.82) is 0 Å². The molecule has 1 saturated carbocycles. The summed E-state index contributed by atoms with van der Waals surface area (Å²) >= 11 is 0. The first-order chi connectivity index (χ1) is 14.7. The number of hydrogen-bond donors (Lipinski definition) is 1. The third-order valence-corrected chi connectivity index (χ3v) is 5.76. The summed E-state index contributed by atoms with van der Waals surface area (Å²) in [6.45, 7) is 1.92. The molecule has 2 aromatic carbocycles. The highest BCUT2D eigenvalue weighted by Crippen LogP contribution is 2.26. The second-order valence-corrected chi connectivity index (χ2v) is 7.99. The Bertz CT molecular complexity index is 902. The van der Waals surface area contributed by atoms with E-state index >= 15 is 0 Å². The van der Waals surface area contributed by atoms with Crippen molar-refractivity contribution in [3.05, 3.63) is 59.7 Å². The van der Waals surface area contributed by atoms with Gasteiger partial charge in [-0.15, -0.1) is 0 Å². The zero-order chi connectivity index (χ0) is 20.9. The number of carbonyl (C=O) groups excluding carboxylic acids is 2. The van der Waals surface area contributed by atoms with Gasteiger partial charge in [0.15, 0.2) is 0 Å². The maximum atomic E-state index is 12.8. The molecular formula is C24H28N2O4. The van der Waals surface area contributed by atoms with Gasteiger partial charge in [0.1, 0.15) is 11.5 Å². The van der Waals surface area contributed by atoms with E-state index in [1.165, 1.54) is 0 Å². The fraction of sp³-hybridized carbons (Fsp3) is 0.417. The Morgan fingerprint density at radius 3 is 2.23 bits per heavy atom. The first-order valence-electron chi connectivity index (χ1n) is 10.6. The quantitative estimate of drug-likeness (QED) is 0.761. The monoisotopic (exact) mass is 408 g/mol. The van der Waals surface area contributed by atoms with Gasteiger partial charge in [0.05, 0.1) is 24.8 Å². The number of carbonyl (C=O) groups is 2. The number of benzene rings is 2. The molecule has 30 heavy (non-hydrogen) atoms. The molecular weight excluding hydrogens is 380 g/mol. The zero-order valence-electron chi connectivity index (χ0n) is 17.3. The first kappa shape index (κ1) is 20.3. The van der Waals surface area contributed by atoms with Gasteiger partial charge in [-0.3, -0.25) is 9.59 Å². The topological polar surface area (TPSA) is 67.9 Å². The SMILES string of the molecule is COc1ccccc1C(=O)N1CCC(COc2ccccc2C(=O)NC2CC2)CC1. The van der Waals surface area contributed by atoms with Gasteiger partial charge in [-0.05, 0) is 55.9 Å². The van der Waals surface area contributed by atoms with E-state index in [1.54, 1.807) is 13.2 Å². The molecule has 0 atom stereocenters. The minimum Gasteiger partial charge on any atom is -0.496 e. The Hall–Kier alpha value is -3.02. The zero-order valence-corrected chi connectivity index (χ0v) is 17.3. The average Bonchev–Trinajstić information content (AvgIpc) is 3.61. The Balaban J connectivity index is 1.30. The third kappa shape index (κ3) is 4.75. The van der Waals surface area contributed by atoms with Gasteiger partial charge in [-0.1, -0.05) is 24.3 Å². The smallest absolute Gasteiger partial charge is 0.257 e. The van der Waals surface area contributed by atoms with Crippen LogP contribution in [0.5, 0.6) is 11.5 Å². The highest BCUT2D eigenvalue weighted by Gasteiger charge is 2.27. The van der Waals surface area contributed by atoms with Crippen molar-refractivity contribution < 1.29 is 19.1 Å². The number of piperidine rings is 1. The van der Waals surface area contributed by atoms with Gasteiger partial charge in [-0.25, -0.2) is 0 Å². The van der Waals surface area contributed by atoms with Crippen LogP contribution in [-0.4, -0.2) is 49.6 Å². The predicted molar refractivity (Wildman–Crippen MR) is 114 cm³/mol. The number of rotatable bonds is 7. The van der Waals surface area contributed by atoms with Crippen LogP contribution >= 0.6 is 0 Å². The fourth-order valence-corrected chi connectivity index (χ4v) is 3.77. The maximum Gasteiger partial charge on any atom is 0.257 e. The van der Waals surface area contributed by atoms with Gasteiger partial charge in [0.2, 0.25) is 0 Å². The van der Waals surface area contributed by atoms with E-state index in [-0.39, 0.29) is 11.8 Å². The molecule has 1 aliphatic carbocycles. The van der Waals surface area contributed by atoms with Gasteiger partial charge >= 0.3 is 0 Å². The molecule has 1 heterocycles. The van der Waals surface area contributed by atoms with E-state index < -0.39 is 0 Å². The normalized spacial score (nSPS) is 16.8. The van der Waals surface area contributed by atoms with Gasteiger partial charge in [-0.2, -0.15) is 0 Å². The largest absolute Gasteiger partial charge is 0.496 e. The molecule has 0 unspecified atom stereocenters. The van der Waals surface area contributed by atoms with Crippen LogP contribution in [0, 0.1) is 5.92 Å². The van der Waals surface area contributed by atoms with Gasteiger partial charge < -0.3 is 19.7 Å². The van der Waals surface area contributed by atoms with E-state index in [0.29, 0.717) is 54.3 Å². The third-order valence-electron chi connectivity index (χ3n) is 5.76. The summed E-state index contributed by atoms with van der Waals surface area (Å²) in [6, 6.07) is 15.0. The molecule has 4 rings (SSSR count). The number of methoxy groups -OCH3 is 1. The summed E-state index contributed by atoms with van der Waals surface area (Å²) in [5.74, 6) is 1.53. The number of likely N-dealkylation sites (tertiary alicyclic amines) is 1. The molecule has 1 aliphatic heterocycles. The van der Waals surface area contributed by atoms with Crippen molar-refractivity contribution in [3.8, 4) is 11.5 Å². The van der Waals surface area contributed by atoms with Crippen LogP contribution in [0.1, 0.15) is 46.4 Å². The summed E-state index contributed by atoms with van der Waals surface area (Å²) in [7, 11) is 1.58. The van der Waals surface area contributed by atoms with Gasteiger partial charge in [0, 0.05) is 19.1 Å². The Kier molecular flexibility index (Phi) is 6.21. The molecule has 1 saturated heterocycles. The van der Waals surface area contributed by atoms with Crippen molar-refractivity contribution in [1.82, 2.24) is 10.2 Å². The van der Waals surface area contributed by atoms with Crippen LogP contribution in [0.25, 0.3) is 0 Å². The molecule has 6 heteroatoms. The van der Waals surface area contributed by atoms with Crippen LogP contribution in [0.4, 0.5) is 0 Å². The molecule has 2 fully saturated rings. The lowest BCUT2D eigenvalue weighted by Crippen LogP contribution is -2.39. The summed E-state index contributed by atoms with van der Waals surface area (Å²) < 4.78 is 11.4. The standard InChI is InChI=1S/C24H28N2O4/c1-29-21-8-4-3-7-20(21)24(28)26-14-12-17(13-15-26)16-30-22-9-5-2-6-19(22)23(27)25-18-10-11-18/h2-9,17-18H,10-16H2,1H3,(H,25,27).